The summed E-state index contributed by atoms with van der Waals surface area (Å²) < 4.78 is 0. The molecule has 0 bridgehead atoms. The predicted molar refractivity (Wildman–Crippen MR) is 107 cm³/mol. The van der Waals surface area contributed by atoms with Gasteiger partial charge in [-0.25, -0.2) is 19.9 Å². The topological polar surface area (TPSA) is 78.4 Å². The van der Waals surface area contributed by atoms with E-state index < -0.39 is 0 Å². The second-order valence-electron chi connectivity index (χ2n) is 7.50. The quantitative estimate of drug-likeness (QED) is 0.798. The molecule has 8 nitrogen and oxygen atoms in total. The molecule has 2 fully saturated rings. The number of aromatic nitrogens is 4. The highest BCUT2D eigenvalue weighted by atomic mass is 16.2. The van der Waals surface area contributed by atoms with Crippen LogP contribution in [0.2, 0.25) is 0 Å². The van der Waals surface area contributed by atoms with E-state index in [0.717, 1.165) is 63.0 Å². The highest BCUT2D eigenvalue weighted by Gasteiger charge is 2.31. The summed E-state index contributed by atoms with van der Waals surface area (Å²) in [6.07, 6.45) is 8.18. The summed E-state index contributed by atoms with van der Waals surface area (Å²) in [4.78, 5) is 37.2. The van der Waals surface area contributed by atoms with Crippen molar-refractivity contribution in [1.82, 2.24) is 24.8 Å². The van der Waals surface area contributed by atoms with Gasteiger partial charge in [-0.15, -0.1) is 0 Å². The molecule has 1 unspecified atom stereocenters. The zero-order valence-corrected chi connectivity index (χ0v) is 16.4. The van der Waals surface area contributed by atoms with Crippen LogP contribution in [0.5, 0.6) is 0 Å². The maximum atomic E-state index is 13.2. The van der Waals surface area contributed by atoms with Crippen LogP contribution in [0.25, 0.3) is 0 Å². The Morgan fingerprint density at radius 1 is 0.929 bits per heavy atom. The van der Waals surface area contributed by atoms with E-state index in [-0.39, 0.29) is 11.8 Å². The van der Waals surface area contributed by atoms with Crippen molar-refractivity contribution in [3.63, 3.8) is 0 Å². The summed E-state index contributed by atoms with van der Waals surface area (Å²) in [6.45, 7) is 6.73. The maximum Gasteiger partial charge on any atom is 0.227 e. The first kappa shape index (κ1) is 18.6. The molecule has 0 radical (unpaired) electrons. The fourth-order valence-corrected chi connectivity index (χ4v) is 4.00. The standard InChI is InChI=1S/C20H27N7O/c1-16-6-9-23-20(24-16)27-10-2-5-17(15-27)18(28)25-11-4-12-26(14-13-25)19-21-7-3-8-22-19/h3,6-9,17H,2,4-5,10-15H2,1H3. The number of amides is 1. The van der Waals surface area contributed by atoms with Crippen molar-refractivity contribution >= 4 is 17.8 Å². The maximum absolute atomic E-state index is 13.2. The monoisotopic (exact) mass is 381 g/mol. The lowest BCUT2D eigenvalue weighted by atomic mass is 9.96. The Balaban J connectivity index is 1.38. The number of anilines is 2. The average molecular weight is 381 g/mol. The van der Waals surface area contributed by atoms with E-state index in [9.17, 15) is 4.79 Å². The molecule has 4 rings (SSSR count). The third kappa shape index (κ3) is 4.21. The number of carbonyl (C=O) groups excluding carboxylic acids is 1. The van der Waals surface area contributed by atoms with Crippen molar-refractivity contribution in [3.8, 4) is 0 Å². The lowest BCUT2D eigenvalue weighted by Gasteiger charge is -2.34. The predicted octanol–water partition coefficient (Wildman–Crippen LogP) is 1.53. The molecular weight excluding hydrogens is 354 g/mol. The number of rotatable bonds is 3. The molecule has 1 atom stereocenters. The zero-order chi connectivity index (χ0) is 19.3. The van der Waals surface area contributed by atoms with Gasteiger partial charge < -0.3 is 14.7 Å². The number of hydrogen-bond donors (Lipinski definition) is 0. The third-order valence-electron chi connectivity index (χ3n) is 5.48. The number of hydrogen-bond acceptors (Lipinski definition) is 7. The van der Waals surface area contributed by atoms with Crippen LogP contribution in [-0.4, -0.2) is 70.0 Å². The molecule has 148 valence electrons. The Bertz CT molecular complexity index is 800. The van der Waals surface area contributed by atoms with Gasteiger partial charge >= 0.3 is 0 Å². The van der Waals surface area contributed by atoms with Gasteiger partial charge in [-0.1, -0.05) is 0 Å². The van der Waals surface area contributed by atoms with Crippen LogP contribution in [0, 0.1) is 12.8 Å². The Morgan fingerprint density at radius 3 is 2.54 bits per heavy atom. The SMILES string of the molecule is Cc1ccnc(N2CCCC(C(=O)N3CCCN(c4ncccn4)CC3)C2)n1. The van der Waals surface area contributed by atoms with Crippen LogP contribution in [0.1, 0.15) is 25.0 Å². The molecule has 4 heterocycles. The molecule has 0 spiro atoms. The molecule has 28 heavy (non-hydrogen) atoms. The first-order valence-electron chi connectivity index (χ1n) is 10.1. The fourth-order valence-electron chi connectivity index (χ4n) is 4.00. The number of aryl methyl sites for hydroxylation is 1. The number of piperidine rings is 1. The van der Waals surface area contributed by atoms with Crippen LogP contribution in [0.4, 0.5) is 11.9 Å². The summed E-state index contributed by atoms with van der Waals surface area (Å²) in [5.41, 5.74) is 0.953. The minimum Gasteiger partial charge on any atom is -0.341 e. The fraction of sp³-hybridized carbons (Fsp3) is 0.550. The van der Waals surface area contributed by atoms with Crippen molar-refractivity contribution in [2.45, 2.75) is 26.2 Å². The lowest BCUT2D eigenvalue weighted by Crippen LogP contribution is -2.46. The Hall–Kier alpha value is -2.77. The molecule has 2 aromatic heterocycles. The molecule has 0 aromatic carbocycles. The second-order valence-corrected chi connectivity index (χ2v) is 7.50. The minimum atomic E-state index is 0.0115. The molecule has 2 aliphatic heterocycles. The molecule has 0 saturated carbocycles. The van der Waals surface area contributed by atoms with E-state index in [0.29, 0.717) is 13.1 Å². The normalized spacial score (nSPS) is 20.8. The molecule has 0 aliphatic carbocycles. The van der Waals surface area contributed by atoms with Gasteiger partial charge in [-0.05, 0) is 38.3 Å². The zero-order valence-electron chi connectivity index (χ0n) is 16.4. The minimum absolute atomic E-state index is 0.0115. The van der Waals surface area contributed by atoms with Crippen LogP contribution >= 0.6 is 0 Å². The van der Waals surface area contributed by atoms with Gasteiger partial charge in [-0.3, -0.25) is 4.79 Å². The van der Waals surface area contributed by atoms with Gasteiger partial charge in [-0.2, -0.15) is 0 Å². The van der Waals surface area contributed by atoms with Crippen molar-refractivity contribution in [3.05, 3.63) is 36.4 Å². The molecule has 2 aromatic rings. The smallest absolute Gasteiger partial charge is 0.227 e. The number of carbonyl (C=O) groups is 1. The van der Waals surface area contributed by atoms with Gasteiger partial charge in [0.05, 0.1) is 5.92 Å². The van der Waals surface area contributed by atoms with Crippen molar-refractivity contribution in [1.29, 1.82) is 0 Å². The summed E-state index contributed by atoms with van der Waals surface area (Å²) in [6, 6.07) is 3.72. The van der Waals surface area contributed by atoms with E-state index in [1.165, 1.54) is 0 Å². The van der Waals surface area contributed by atoms with Gasteiger partial charge in [0.2, 0.25) is 17.8 Å². The van der Waals surface area contributed by atoms with Gasteiger partial charge in [0, 0.05) is 63.6 Å². The highest BCUT2D eigenvalue weighted by Crippen LogP contribution is 2.23. The summed E-state index contributed by atoms with van der Waals surface area (Å²) in [5.74, 6) is 1.75. The molecular formula is C20H27N7O. The van der Waals surface area contributed by atoms with E-state index >= 15 is 0 Å². The average Bonchev–Trinajstić information content (AvgIpc) is 3.00. The molecule has 0 N–H and O–H groups in total. The Labute approximate surface area is 165 Å². The van der Waals surface area contributed by atoms with Crippen LogP contribution in [-0.2, 0) is 4.79 Å². The third-order valence-corrected chi connectivity index (χ3v) is 5.48. The van der Waals surface area contributed by atoms with E-state index in [1.54, 1.807) is 18.6 Å². The van der Waals surface area contributed by atoms with E-state index in [1.807, 2.05) is 24.0 Å². The van der Waals surface area contributed by atoms with Gasteiger partial charge in [0.15, 0.2) is 0 Å². The van der Waals surface area contributed by atoms with Crippen LogP contribution in [0.3, 0.4) is 0 Å². The molecule has 2 saturated heterocycles. The van der Waals surface area contributed by atoms with Crippen LogP contribution in [0.15, 0.2) is 30.7 Å². The molecule has 1 amide bonds. The number of nitrogens with zero attached hydrogens (tertiary/aromatic N) is 7. The summed E-state index contributed by atoms with van der Waals surface area (Å²) >= 11 is 0. The van der Waals surface area contributed by atoms with Crippen LogP contribution < -0.4 is 9.80 Å². The van der Waals surface area contributed by atoms with Crippen molar-refractivity contribution < 1.29 is 4.79 Å². The largest absolute Gasteiger partial charge is 0.341 e. The summed E-state index contributed by atoms with van der Waals surface area (Å²) in [7, 11) is 0. The highest BCUT2D eigenvalue weighted by molar-refractivity contribution is 5.79. The lowest BCUT2D eigenvalue weighted by molar-refractivity contribution is -0.135. The Morgan fingerprint density at radius 2 is 1.71 bits per heavy atom. The Kier molecular flexibility index (Phi) is 5.64. The van der Waals surface area contributed by atoms with Crippen molar-refractivity contribution in [2.75, 3.05) is 49.1 Å². The van der Waals surface area contributed by atoms with Gasteiger partial charge in [0.25, 0.3) is 0 Å². The molecule has 2 aliphatic rings. The second kappa shape index (κ2) is 8.50. The van der Waals surface area contributed by atoms with Crippen molar-refractivity contribution in [2.24, 2.45) is 5.92 Å². The summed E-state index contributed by atoms with van der Waals surface area (Å²) in [5, 5.41) is 0. The van der Waals surface area contributed by atoms with E-state index in [4.69, 9.17) is 0 Å². The first-order valence-corrected chi connectivity index (χ1v) is 10.1. The molecule has 8 heteroatoms. The van der Waals surface area contributed by atoms with Gasteiger partial charge in [0.1, 0.15) is 0 Å². The first-order chi connectivity index (χ1) is 13.7. The van der Waals surface area contributed by atoms with E-state index in [2.05, 4.69) is 29.7 Å².